The topological polar surface area (TPSA) is 74.6 Å². The average molecular weight is 166 g/mol. The number of carboxylic acid groups (broad SMARTS) is 2. The number of aliphatic carboxylic acids is 2. The van der Waals surface area contributed by atoms with E-state index < -0.39 is 11.9 Å². The molecule has 0 rings (SSSR count). The summed E-state index contributed by atoms with van der Waals surface area (Å²) in [4.78, 5) is 17.8. The Labute approximate surface area is 67.8 Å². The van der Waals surface area contributed by atoms with Gasteiger partial charge >= 0.3 is 21.7 Å². The Bertz CT molecular complexity index is 70.6. The van der Waals surface area contributed by atoms with Crippen LogP contribution < -0.4 is 0 Å². The molecule has 0 aliphatic rings. The van der Waals surface area contributed by atoms with Gasteiger partial charge in [0, 0.05) is 0 Å². The molecule has 0 saturated heterocycles. The Morgan fingerprint density at radius 3 is 1.00 bits per heavy atom. The molecule has 2 N–H and O–H groups in total. The largest absolute Gasteiger partial charge is 2.00 e. The first kappa shape index (κ1) is 15.8. The van der Waals surface area contributed by atoms with E-state index in [1.165, 1.54) is 0 Å². The van der Waals surface area contributed by atoms with Gasteiger partial charge in [-0.2, -0.15) is 0 Å². The third-order valence-electron chi connectivity index (χ3n) is 0. The molecular weight excluding hydrogens is 160 g/mol. The molecule has 0 atom stereocenters. The predicted octanol–water partition coefficient (Wildman–Crippen LogP) is -0.192. The summed E-state index contributed by atoms with van der Waals surface area (Å²) in [7, 11) is 0. The molecule has 9 heavy (non-hydrogen) atoms. The quantitative estimate of drug-likeness (QED) is 0.386. The molecule has 0 heterocycles. The van der Waals surface area contributed by atoms with Crippen LogP contribution in [-0.2, 0) is 31.3 Å². The van der Waals surface area contributed by atoms with Gasteiger partial charge in [-0.3, -0.25) is 23.4 Å². The molecule has 0 aromatic carbocycles. The van der Waals surface area contributed by atoms with Crippen LogP contribution in [0.15, 0.2) is 0 Å². The van der Waals surface area contributed by atoms with Gasteiger partial charge in [-0.1, -0.05) is 0 Å². The van der Waals surface area contributed by atoms with Crippen molar-refractivity contribution in [1.29, 1.82) is 0 Å². The van der Waals surface area contributed by atoms with E-state index in [-0.39, 0.29) is 21.7 Å². The number of hydrogen-bond donors (Lipinski definition) is 2. The van der Waals surface area contributed by atoms with Crippen LogP contribution in [0.1, 0.15) is 0 Å². The van der Waals surface area contributed by atoms with E-state index >= 15 is 0 Å². The minimum atomic E-state index is -1.08. The molecule has 0 fully saturated rings. The smallest absolute Gasteiger partial charge is 0.503 e. The summed E-state index contributed by atoms with van der Waals surface area (Å²) >= 11 is 0. The van der Waals surface area contributed by atoms with Crippen molar-refractivity contribution in [3.63, 3.8) is 0 Å². The van der Waals surface area contributed by atoms with Gasteiger partial charge in [-0.25, -0.2) is 0 Å². The van der Waals surface area contributed by atoms with E-state index in [2.05, 4.69) is 13.8 Å². The zero-order valence-corrected chi connectivity index (χ0v) is 6.19. The van der Waals surface area contributed by atoms with Gasteiger partial charge in [0.05, 0.1) is 0 Å². The van der Waals surface area contributed by atoms with Crippen LogP contribution in [0.5, 0.6) is 0 Å². The molecule has 5 heteroatoms. The van der Waals surface area contributed by atoms with Gasteiger partial charge in [0.1, 0.15) is 0 Å². The Kier molecular flexibility index (Phi) is 18.2. The van der Waals surface area contributed by atoms with Crippen molar-refractivity contribution in [2.45, 2.75) is 0 Å². The molecule has 0 aromatic rings. The number of carbonyl (C=O) groups is 2. The molecule has 0 aromatic heterocycles. The van der Waals surface area contributed by atoms with Gasteiger partial charge in [0.25, 0.3) is 0 Å². The summed E-state index contributed by atoms with van der Waals surface area (Å²) in [5, 5.41) is 14.6. The molecule has 0 aliphatic carbocycles. The second kappa shape index (κ2) is 10.4. The summed E-state index contributed by atoms with van der Waals surface area (Å²) < 4.78 is 0. The van der Waals surface area contributed by atoms with Gasteiger partial charge < -0.3 is 10.2 Å². The first-order valence-corrected chi connectivity index (χ1v) is 1.56. The summed E-state index contributed by atoms with van der Waals surface area (Å²) in [6.07, 6.45) is 0. The van der Waals surface area contributed by atoms with Crippen molar-refractivity contribution < 1.29 is 41.5 Å². The summed E-state index contributed by atoms with van der Waals surface area (Å²) in [6.45, 7) is 5.11. The molecule has 0 bridgehead atoms. The van der Waals surface area contributed by atoms with Crippen LogP contribution in [0.25, 0.3) is 0 Å². The molecule has 0 radical (unpaired) electrons. The summed E-state index contributed by atoms with van der Waals surface area (Å²) in [6, 6.07) is 0. The SMILES string of the molecule is [CH2-]C(=O)O.[CH2-]C(=O)O.[Ti+2]. The number of carboxylic acids is 2. The monoisotopic (exact) mass is 166 g/mol. The number of rotatable bonds is 0. The average Bonchev–Trinajstić information content (AvgIpc) is 1.25. The fraction of sp³-hybridized carbons (Fsp3) is 0. The van der Waals surface area contributed by atoms with E-state index in [1.807, 2.05) is 0 Å². The van der Waals surface area contributed by atoms with Crippen LogP contribution in [-0.4, -0.2) is 22.2 Å². The van der Waals surface area contributed by atoms with Crippen molar-refractivity contribution in [1.82, 2.24) is 0 Å². The molecule has 50 valence electrons. The standard InChI is InChI=1S/2C2H3O2.Ti/c2*1-2(3)4;/h2*1H2,(H,3,4);/q2*-1;+2. The van der Waals surface area contributed by atoms with Crippen LogP contribution in [0.4, 0.5) is 0 Å². The maximum absolute atomic E-state index is 8.89. The maximum Gasteiger partial charge on any atom is 2.00 e. The molecule has 0 amide bonds. The molecule has 4 nitrogen and oxygen atoms in total. The van der Waals surface area contributed by atoms with Gasteiger partial charge in [0.2, 0.25) is 0 Å². The van der Waals surface area contributed by atoms with Crippen LogP contribution in [0, 0.1) is 13.8 Å². The van der Waals surface area contributed by atoms with Crippen LogP contribution >= 0.6 is 0 Å². The van der Waals surface area contributed by atoms with Crippen LogP contribution in [0.3, 0.4) is 0 Å². The Morgan fingerprint density at radius 2 is 1.00 bits per heavy atom. The summed E-state index contributed by atoms with van der Waals surface area (Å²) in [5.41, 5.74) is 0. The first-order valence-electron chi connectivity index (χ1n) is 1.56. The fourth-order valence-electron chi connectivity index (χ4n) is 0. The van der Waals surface area contributed by atoms with E-state index in [0.717, 1.165) is 0 Å². The van der Waals surface area contributed by atoms with Gasteiger partial charge in [-0.15, -0.1) is 0 Å². The molecular formula is C4H6O4Ti. The molecule has 0 unspecified atom stereocenters. The second-order valence-electron chi connectivity index (χ2n) is 0.787. The Hall–Kier alpha value is -0.606. The van der Waals surface area contributed by atoms with Crippen molar-refractivity contribution in [2.75, 3.05) is 0 Å². The third kappa shape index (κ3) is 586. The van der Waals surface area contributed by atoms with E-state index in [0.29, 0.717) is 0 Å². The summed E-state index contributed by atoms with van der Waals surface area (Å²) in [5.74, 6) is -2.17. The second-order valence-corrected chi connectivity index (χ2v) is 0.787. The van der Waals surface area contributed by atoms with Crippen molar-refractivity contribution in [2.24, 2.45) is 0 Å². The van der Waals surface area contributed by atoms with E-state index in [4.69, 9.17) is 19.8 Å². The maximum atomic E-state index is 8.89. The normalized spacial score (nSPS) is 5.33. The minimum Gasteiger partial charge on any atom is -0.503 e. The molecule has 0 aliphatic heterocycles. The predicted molar refractivity (Wildman–Crippen MR) is 26.0 cm³/mol. The Morgan fingerprint density at radius 1 is 1.00 bits per heavy atom. The third-order valence-corrected chi connectivity index (χ3v) is 0. The first-order chi connectivity index (χ1) is 3.46. The van der Waals surface area contributed by atoms with E-state index in [9.17, 15) is 0 Å². The minimum absolute atomic E-state index is 0. The zero-order valence-electron chi connectivity index (χ0n) is 4.63. The molecule has 0 spiro atoms. The van der Waals surface area contributed by atoms with Gasteiger partial charge in [-0.05, 0) is 0 Å². The Balaban J connectivity index is -0.0000000720. The van der Waals surface area contributed by atoms with Crippen molar-refractivity contribution in [3.8, 4) is 0 Å². The fourth-order valence-corrected chi connectivity index (χ4v) is 0. The zero-order chi connectivity index (χ0) is 7.15. The van der Waals surface area contributed by atoms with Gasteiger partial charge in [0.15, 0.2) is 11.9 Å². The molecule has 0 saturated carbocycles. The van der Waals surface area contributed by atoms with Crippen LogP contribution in [0.2, 0.25) is 0 Å². The van der Waals surface area contributed by atoms with Crippen molar-refractivity contribution >= 4 is 11.9 Å². The number of hydrogen-bond acceptors (Lipinski definition) is 2. The van der Waals surface area contributed by atoms with Crippen molar-refractivity contribution in [3.05, 3.63) is 13.8 Å². The van der Waals surface area contributed by atoms with E-state index in [1.54, 1.807) is 0 Å².